The zero-order chi connectivity index (χ0) is 15.7. The van der Waals surface area contributed by atoms with E-state index in [9.17, 15) is 0 Å². The minimum Gasteiger partial charge on any atom is -0.444 e. The molecule has 22 heavy (non-hydrogen) atoms. The van der Waals surface area contributed by atoms with Gasteiger partial charge in [0.2, 0.25) is 5.89 Å². The maximum absolute atomic E-state index is 5.55. The second-order valence-electron chi connectivity index (χ2n) is 5.49. The van der Waals surface area contributed by atoms with Gasteiger partial charge in [0, 0.05) is 12.6 Å². The fourth-order valence-electron chi connectivity index (χ4n) is 2.08. The molecule has 6 heteroatoms. The Balaban J connectivity index is 0.00000441. The predicted molar refractivity (Wildman–Crippen MR) is 103 cm³/mol. The van der Waals surface area contributed by atoms with Crippen LogP contribution in [0.15, 0.2) is 9.41 Å². The largest absolute Gasteiger partial charge is 0.444 e. The summed E-state index contributed by atoms with van der Waals surface area (Å²) in [5.74, 6) is 2.36. The SMILES string of the molecule is CCCCCC(C)NC(=NCc1nc(C)c(C)o1)NCC.I. The van der Waals surface area contributed by atoms with Crippen LogP contribution in [-0.2, 0) is 6.54 Å². The number of hydrogen-bond donors (Lipinski definition) is 2. The van der Waals surface area contributed by atoms with Gasteiger partial charge in [-0.1, -0.05) is 26.2 Å². The lowest BCUT2D eigenvalue weighted by Gasteiger charge is -2.17. The van der Waals surface area contributed by atoms with Gasteiger partial charge in [0.1, 0.15) is 12.3 Å². The van der Waals surface area contributed by atoms with E-state index in [-0.39, 0.29) is 24.0 Å². The lowest BCUT2D eigenvalue weighted by molar-refractivity contribution is 0.472. The van der Waals surface area contributed by atoms with Crippen LogP contribution in [0, 0.1) is 13.8 Å². The molecule has 0 aliphatic rings. The molecule has 1 aromatic rings. The summed E-state index contributed by atoms with van der Waals surface area (Å²) in [4.78, 5) is 8.90. The van der Waals surface area contributed by atoms with Crippen molar-refractivity contribution in [2.75, 3.05) is 6.54 Å². The molecule has 1 aromatic heterocycles. The third kappa shape index (κ3) is 8.00. The van der Waals surface area contributed by atoms with Crippen molar-refractivity contribution in [3.05, 3.63) is 17.3 Å². The monoisotopic (exact) mass is 422 g/mol. The molecular weight excluding hydrogens is 391 g/mol. The van der Waals surface area contributed by atoms with E-state index in [4.69, 9.17) is 4.42 Å². The lowest BCUT2D eigenvalue weighted by Crippen LogP contribution is -2.42. The number of halogens is 1. The van der Waals surface area contributed by atoms with Crippen molar-refractivity contribution in [2.45, 2.75) is 72.9 Å². The van der Waals surface area contributed by atoms with E-state index >= 15 is 0 Å². The molecule has 1 rings (SSSR count). The molecule has 0 fully saturated rings. The Labute approximate surface area is 151 Å². The lowest BCUT2D eigenvalue weighted by atomic mass is 10.1. The number of guanidine groups is 1. The fraction of sp³-hybridized carbons (Fsp3) is 0.750. The molecule has 0 bridgehead atoms. The van der Waals surface area contributed by atoms with Crippen molar-refractivity contribution in [3.8, 4) is 0 Å². The second-order valence-corrected chi connectivity index (χ2v) is 5.49. The first-order chi connectivity index (χ1) is 10.1. The van der Waals surface area contributed by atoms with E-state index in [2.05, 4.69) is 41.4 Å². The first kappa shape index (κ1) is 21.2. The van der Waals surface area contributed by atoms with Crippen LogP contribution in [-0.4, -0.2) is 23.5 Å². The van der Waals surface area contributed by atoms with Crippen molar-refractivity contribution in [1.29, 1.82) is 0 Å². The van der Waals surface area contributed by atoms with E-state index in [1.54, 1.807) is 0 Å². The van der Waals surface area contributed by atoms with Crippen LogP contribution in [0.2, 0.25) is 0 Å². The van der Waals surface area contributed by atoms with Crippen molar-refractivity contribution in [3.63, 3.8) is 0 Å². The van der Waals surface area contributed by atoms with Crippen LogP contribution >= 0.6 is 24.0 Å². The van der Waals surface area contributed by atoms with E-state index in [0.29, 0.717) is 18.5 Å². The first-order valence-electron chi connectivity index (χ1n) is 8.04. The van der Waals surface area contributed by atoms with Crippen molar-refractivity contribution < 1.29 is 4.42 Å². The highest BCUT2D eigenvalue weighted by molar-refractivity contribution is 14.0. The second kappa shape index (κ2) is 11.7. The van der Waals surface area contributed by atoms with Crippen LogP contribution in [0.1, 0.15) is 63.8 Å². The predicted octanol–water partition coefficient (Wildman–Crippen LogP) is 3.93. The van der Waals surface area contributed by atoms with Gasteiger partial charge in [0.05, 0.1) is 5.69 Å². The molecular formula is C16H31IN4O. The molecule has 0 radical (unpaired) electrons. The molecule has 2 N–H and O–H groups in total. The number of aromatic nitrogens is 1. The highest BCUT2D eigenvalue weighted by Crippen LogP contribution is 2.09. The standard InChI is InChI=1S/C16H30N4O.HI/c1-6-8-9-10-12(3)19-16(17-7-2)18-11-15-20-13(4)14(5)21-15;/h12H,6-11H2,1-5H3,(H2,17,18,19);1H. The molecule has 0 saturated carbocycles. The van der Waals surface area contributed by atoms with Gasteiger partial charge in [0.15, 0.2) is 5.96 Å². The smallest absolute Gasteiger partial charge is 0.216 e. The van der Waals surface area contributed by atoms with Crippen molar-refractivity contribution in [2.24, 2.45) is 4.99 Å². The molecule has 0 aliphatic carbocycles. The Morgan fingerprint density at radius 2 is 2.00 bits per heavy atom. The Morgan fingerprint density at radius 1 is 1.27 bits per heavy atom. The van der Waals surface area contributed by atoms with Gasteiger partial charge in [-0.2, -0.15) is 0 Å². The number of hydrogen-bond acceptors (Lipinski definition) is 3. The number of nitrogens with one attached hydrogen (secondary N) is 2. The third-order valence-electron chi connectivity index (χ3n) is 3.41. The molecule has 1 heterocycles. The highest BCUT2D eigenvalue weighted by atomic mass is 127. The van der Waals surface area contributed by atoms with Crippen molar-refractivity contribution in [1.82, 2.24) is 15.6 Å². The maximum atomic E-state index is 5.55. The number of aliphatic imine (C=N–C) groups is 1. The zero-order valence-electron chi connectivity index (χ0n) is 14.5. The van der Waals surface area contributed by atoms with E-state index in [0.717, 1.165) is 30.4 Å². The summed E-state index contributed by atoms with van der Waals surface area (Å²) in [5, 5.41) is 6.70. The quantitative estimate of drug-likeness (QED) is 0.288. The van der Waals surface area contributed by atoms with Gasteiger partial charge >= 0.3 is 0 Å². The van der Waals surface area contributed by atoms with E-state index in [1.165, 1.54) is 19.3 Å². The van der Waals surface area contributed by atoms with Crippen LogP contribution in [0.25, 0.3) is 0 Å². The summed E-state index contributed by atoms with van der Waals surface area (Å²) in [7, 11) is 0. The van der Waals surface area contributed by atoms with Crippen LogP contribution < -0.4 is 10.6 Å². The summed E-state index contributed by atoms with van der Waals surface area (Å²) in [6, 6.07) is 0.419. The summed E-state index contributed by atoms with van der Waals surface area (Å²) >= 11 is 0. The van der Waals surface area contributed by atoms with E-state index < -0.39 is 0 Å². The minimum atomic E-state index is 0. The summed E-state index contributed by atoms with van der Waals surface area (Å²) in [6.07, 6.45) is 4.95. The highest BCUT2D eigenvalue weighted by Gasteiger charge is 2.07. The molecule has 0 amide bonds. The Kier molecular flexibility index (Phi) is 11.3. The zero-order valence-corrected chi connectivity index (χ0v) is 16.9. The normalized spacial score (nSPS) is 12.7. The third-order valence-corrected chi connectivity index (χ3v) is 3.41. The summed E-state index contributed by atoms with van der Waals surface area (Å²) in [6.45, 7) is 11.7. The summed E-state index contributed by atoms with van der Waals surface area (Å²) in [5.41, 5.74) is 0.936. The molecule has 0 saturated heterocycles. The van der Waals surface area contributed by atoms with Gasteiger partial charge in [-0.05, 0) is 34.1 Å². The van der Waals surface area contributed by atoms with E-state index in [1.807, 2.05) is 13.8 Å². The van der Waals surface area contributed by atoms with Crippen LogP contribution in [0.3, 0.4) is 0 Å². The van der Waals surface area contributed by atoms with Gasteiger partial charge in [-0.25, -0.2) is 9.98 Å². The molecule has 1 unspecified atom stereocenters. The minimum absolute atomic E-state index is 0. The van der Waals surface area contributed by atoms with Gasteiger partial charge < -0.3 is 15.1 Å². The Bertz CT molecular complexity index is 426. The van der Waals surface area contributed by atoms with Crippen molar-refractivity contribution >= 4 is 29.9 Å². The maximum Gasteiger partial charge on any atom is 0.216 e. The Hall–Kier alpha value is -0.790. The number of unbranched alkanes of at least 4 members (excludes halogenated alkanes) is 2. The number of rotatable bonds is 8. The van der Waals surface area contributed by atoms with Gasteiger partial charge in [-0.3, -0.25) is 0 Å². The van der Waals surface area contributed by atoms with Gasteiger partial charge in [-0.15, -0.1) is 24.0 Å². The number of oxazole rings is 1. The molecule has 0 aromatic carbocycles. The van der Waals surface area contributed by atoms with Gasteiger partial charge in [0.25, 0.3) is 0 Å². The average Bonchev–Trinajstić information content (AvgIpc) is 2.76. The van der Waals surface area contributed by atoms with Crippen LogP contribution in [0.5, 0.6) is 0 Å². The average molecular weight is 422 g/mol. The Morgan fingerprint density at radius 3 is 2.55 bits per heavy atom. The molecule has 1 atom stereocenters. The summed E-state index contributed by atoms with van der Waals surface area (Å²) < 4.78 is 5.55. The number of nitrogens with zero attached hydrogens (tertiary/aromatic N) is 2. The fourth-order valence-corrected chi connectivity index (χ4v) is 2.08. The van der Waals surface area contributed by atoms with Crippen LogP contribution in [0.4, 0.5) is 0 Å². The topological polar surface area (TPSA) is 62.5 Å². The first-order valence-corrected chi connectivity index (χ1v) is 8.04. The molecule has 128 valence electrons. The molecule has 0 spiro atoms. The molecule has 0 aliphatic heterocycles. The number of aryl methyl sites for hydroxylation is 2. The molecule has 5 nitrogen and oxygen atoms in total.